The van der Waals surface area contributed by atoms with Gasteiger partial charge in [0.25, 0.3) is 0 Å². The number of hydrogen-bond acceptors (Lipinski definition) is 5. The van der Waals surface area contributed by atoms with Gasteiger partial charge in [-0.15, -0.1) is 0 Å². The standard InChI is InChI=1S/C16H25N5/c1-2-19-7-9-20(10-8-19)14-11-21(12-14)15-5-6-17-16(18-15)13-3-4-13/h5-6,13-14H,2-4,7-12H2,1H3. The van der Waals surface area contributed by atoms with Crippen molar-refractivity contribution >= 4 is 5.82 Å². The molecule has 0 bridgehead atoms. The molecule has 5 heteroatoms. The van der Waals surface area contributed by atoms with E-state index in [2.05, 4.69) is 32.7 Å². The first-order valence-electron chi connectivity index (χ1n) is 8.38. The Morgan fingerprint density at radius 1 is 1.14 bits per heavy atom. The SMILES string of the molecule is CCN1CCN(C2CN(c3ccnc(C4CC4)n3)C2)CC1. The highest BCUT2D eigenvalue weighted by molar-refractivity contribution is 5.42. The Morgan fingerprint density at radius 3 is 2.57 bits per heavy atom. The maximum atomic E-state index is 4.75. The van der Waals surface area contributed by atoms with E-state index in [1.807, 2.05) is 6.20 Å². The van der Waals surface area contributed by atoms with E-state index < -0.39 is 0 Å². The summed E-state index contributed by atoms with van der Waals surface area (Å²) in [5, 5.41) is 0. The first kappa shape index (κ1) is 13.5. The zero-order valence-electron chi connectivity index (χ0n) is 12.9. The Labute approximate surface area is 127 Å². The van der Waals surface area contributed by atoms with Crippen LogP contribution in [0.3, 0.4) is 0 Å². The average molecular weight is 287 g/mol. The van der Waals surface area contributed by atoms with Crippen LogP contribution in [0.1, 0.15) is 31.5 Å². The molecule has 1 aromatic rings. The second kappa shape index (κ2) is 5.54. The maximum Gasteiger partial charge on any atom is 0.133 e. The molecule has 1 aliphatic carbocycles. The summed E-state index contributed by atoms with van der Waals surface area (Å²) in [6.45, 7) is 10.6. The van der Waals surface area contributed by atoms with Gasteiger partial charge in [0.1, 0.15) is 11.6 Å². The van der Waals surface area contributed by atoms with E-state index in [1.165, 1.54) is 45.6 Å². The molecule has 2 aliphatic heterocycles. The predicted molar refractivity (Wildman–Crippen MR) is 83.7 cm³/mol. The lowest BCUT2D eigenvalue weighted by molar-refractivity contribution is 0.0859. The Balaban J connectivity index is 1.32. The Kier molecular flexibility index (Phi) is 3.55. The Hall–Kier alpha value is -1.20. The lowest BCUT2D eigenvalue weighted by Gasteiger charge is -2.48. The summed E-state index contributed by atoms with van der Waals surface area (Å²) in [5.41, 5.74) is 0. The second-order valence-electron chi connectivity index (χ2n) is 6.58. The van der Waals surface area contributed by atoms with Crippen LogP contribution in [0.4, 0.5) is 5.82 Å². The van der Waals surface area contributed by atoms with Gasteiger partial charge in [-0.25, -0.2) is 9.97 Å². The third-order valence-electron chi connectivity index (χ3n) is 5.16. The first-order chi connectivity index (χ1) is 10.3. The quantitative estimate of drug-likeness (QED) is 0.831. The van der Waals surface area contributed by atoms with Crippen molar-refractivity contribution in [1.82, 2.24) is 19.8 Å². The molecular formula is C16H25N5. The molecule has 1 aromatic heterocycles. The lowest BCUT2D eigenvalue weighted by Crippen LogP contribution is -2.63. The molecule has 0 aromatic carbocycles. The number of rotatable bonds is 4. The highest BCUT2D eigenvalue weighted by Crippen LogP contribution is 2.38. The summed E-state index contributed by atoms with van der Waals surface area (Å²) in [4.78, 5) is 16.8. The van der Waals surface area contributed by atoms with E-state index in [-0.39, 0.29) is 0 Å². The number of piperazine rings is 1. The predicted octanol–water partition coefficient (Wildman–Crippen LogP) is 1.18. The molecule has 0 radical (unpaired) electrons. The Morgan fingerprint density at radius 2 is 1.90 bits per heavy atom. The lowest BCUT2D eigenvalue weighted by atomic mass is 10.1. The molecule has 3 aliphatic rings. The van der Waals surface area contributed by atoms with Crippen molar-refractivity contribution in [2.24, 2.45) is 0 Å². The van der Waals surface area contributed by atoms with Gasteiger partial charge in [0.2, 0.25) is 0 Å². The van der Waals surface area contributed by atoms with E-state index in [0.29, 0.717) is 5.92 Å². The topological polar surface area (TPSA) is 35.5 Å². The highest BCUT2D eigenvalue weighted by Gasteiger charge is 2.34. The first-order valence-corrected chi connectivity index (χ1v) is 8.38. The van der Waals surface area contributed by atoms with Crippen LogP contribution in [0.15, 0.2) is 12.3 Å². The minimum Gasteiger partial charge on any atom is -0.353 e. The summed E-state index contributed by atoms with van der Waals surface area (Å²) < 4.78 is 0. The largest absolute Gasteiger partial charge is 0.353 e. The second-order valence-corrected chi connectivity index (χ2v) is 6.58. The summed E-state index contributed by atoms with van der Waals surface area (Å²) in [7, 11) is 0. The van der Waals surface area contributed by atoms with Crippen molar-refractivity contribution in [3.63, 3.8) is 0 Å². The van der Waals surface area contributed by atoms with Gasteiger partial charge in [-0.3, -0.25) is 4.90 Å². The maximum absolute atomic E-state index is 4.75. The normalized spacial score (nSPS) is 25.1. The third kappa shape index (κ3) is 2.77. The van der Waals surface area contributed by atoms with Gasteiger partial charge in [0.15, 0.2) is 0 Å². The van der Waals surface area contributed by atoms with Gasteiger partial charge in [-0.2, -0.15) is 0 Å². The van der Waals surface area contributed by atoms with Gasteiger partial charge in [-0.1, -0.05) is 6.92 Å². The molecule has 3 fully saturated rings. The third-order valence-corrected chi connectivity index (χ3v) is 5.16. The molecule has 0 spiro atoms. The zero-order valence-corrected chi connectivity index (χ0v) is 12.9. The van der Waals surface area contributed by atoms with Gasteiger partial charge in [0, 0.05) is 57.4 Å². The molecule has 0 unspecified atom stereocenters. The molecule has 114 valence electrons. The summed E-state index contributed by atoms with van der Waals surface area (Å²) in [6, 6.07) is 2.79. The van der Waals surface area contributed by atoms with Crippen molar-refractivity contribution in [3.05, 3.63) is 18.1 Å². The molecule has 0 N–H and O–H groups in total. The van der Waals surface area contributed by atoms with Gasteiger partial charge < -0.3 is 9.80 Å². The van der Waals surface area contributed by atoms with Crippen LogP contribution in [0.5, 0.6) is 0 Å². The summed E-state index contributed by atoms with van der Waals surface area (Å²) >= 11 is 0. The van der Waals surface area contributed by atoms with E-state index in [4.69, 9.17) is 4.98 Å². The van der Waals surface area contributed by atoms with Crippen molar-refractivity contribution < 1.29 is 0 Å². The number of hydrogen-bond donors (Lipinski definition) is 0. The molecule has 5 nitrogen and oxygen atoms in total. The highest BCUT2D eigenvalue weighted by atomic mass is 15.4. The van der Waals surface area contributed by atoms with Crippen LogP contribution < -0.4 is 4.90 Å². The van der Waals surface area contributed by atoms with Crippen molar-refractivity contribution in [2.45, 2.75) is 31.7 Å². The number of nitrogens with zero attached hydrogens (tertiary/aromatic N) is 5. The number of aromatic nitrogens is 2. The van der Waals surface area contributed by atoms with Gasteiger partial charge >= 0.3 is 0 Å². The van der Waals surface area contributed by atoms with Crippen molar-refractivity contribution in [1.29, 1.82) is 0 Å². The number of likely N-dealkylation sites (N-methyl/N-ethyl adjacent to an activating group) is 1. The molecule has 0 amide bonds. The minimum absolute atomic E-state index is 0.643. The molecule has 0 atom stereocenters. The van der Waals surface area contributed by atoms with E-state index in [1.54, 1.807) is 0 Å². The van der Waals surface area contributed by atoms with Crippen LogP contribution >= 0.6 is 0 Å². The Bertz CT molecular complexity index is 487. The molecule has 21 heavy (non-hydrogen) atoms. The van der Waals surface area contributed by atoms with Gasteiger partial charge in [-0.05, 0) is 25.5 Å². The van der Waals surface area contributed by atoms with Crippen LogP contribution in [0, 0.1) is 0 Å². The van der Waals surface area contributed by atoms with Crippen molar-refractivity contribution in [3.8, 4) is 0 Å². The monoisotopic (exact) mass is 287 g/mol. The number of anilines is 1. The van der Waals surface area contributed by atoms with E-state index in [0.717, 1.165) is 30.8 Å². The smallest absolute Gasteiger partial charge is 0.133 e. The van der Waals surface area contributed by atoms with Gasteiger partial charge in [0.05, 0.1) is 0 Å². The van der Waals surface area contributed by atoms with Crippen LogP contribution in [0.2, 0.25) is 0 Å². The van der Waals surface area contributed by atoms with Crippen molar-refractivity contribution in [2.75, 3.05) is 50.7 Å². The molecule has 3 heterocycles. The van der Waals surface area contributed by atoms with E-state index in [9.17, 15) is 0 Å². The average Bonchev–Trinajstić information content (AvgIpc) is 3.31. The minimum atomic E-state index is 0.643. The zero-order chi connectivity index (χ0) is 14.2. The van der Waals surface area contributed by atoms with Crippen LogP contribution in [-0.4, -0.2) is 71.6 Å². The fraction of sp³-hybridized carbons (Fsp3) is 0.750. The molecular weight excluding hydrogens is 262 g/mol. The van der Waals surface area contributed by atoms with Crippen LogP contribution in [0.25, 0.3) is 0 Å². The van der Waals surface area contributed by atoms with E-state index >= 15 is 0 Å². The fourth-order valence-electron chi connectivity index (χ4n) is 3.40. The molecule has 1 saturated carbocycles. The molecule has 2 saturated heterocycles. The molecule has 4 rings (SSSR count). The fourth-order valence-corrected chi connectivity index (χ4v) is 3.40. The summed E-state index contributed by atoms with van der Waals surface area (Å²) in [5.74, 6) is 2.84. The summed E-state index contributed by atoms with van der Waals surface area (Å²) in [6.07, 6.45) is 4.48. The van der Waals surface area contributed by atoms with Crippen LogP contribution in [-0.2, 0) is 0 Å².